The molecule has 14 heavy (non-hydrogen) atoms. The fourth-order valence-corrected chi connectivity index (χ4v) is 1.97. The topological polar surface area (TPSA) is 15.3 Å². The first kappa shape index (κ1) is 11.8. The number of hydrogen-bond acceptors (Lipinski definition) is 2. The molecule has 0 saturated carbocycles. The summed E-state index contributed by atoms with van der Waals surface area (Å²) in [6.07, 6.45) is -1.27. The molecule has 0 aromatic heterocycles. The van der Waals surface area contributed by atoms with Crippen molar-refractivity contribution in [1.82, 2.24) is 10.2 Å². The summed E-state index contributed by atoms with van der Waals surface area (Å²) in [5.74, 6) is 0. The Bertz CT molecular complexity index is 168. The van der Waals surface area contributed by atoms with Crippen LogP contribution in [0.4, 0.5) is 13.2 Å². The minimum absolute atomic E-state index is 0.0513. The molecule has 1 unspecified atom stereocenters. The van der Waals surface area contributed by atoms with Crippen LogP contribution in [0.25, 0.3) is 0 Å². The van der Waals surface area contributed by atoms with E-state index in [4.69, 9.17) is 0 Å². The lowest BCUT2D eigenvalue weighted by Gasteiger charge is -2.35. The lowest BCUT2D eigenvalue weighted by atomic mass is 10.0. The highest BCUT2D eigenvalue weighted by atomic mass is 19.4. The van der Waals surface area contributed by atoms with Crippen LogP contribution in [0, 0.1) is 0 Å². The van der Waals surface area contributed by atoms with E-state index < -0.39 is 12.7 Å². The second-order valence-electron chi connectivity index (χ2n) is 3.79. The van der Waals surface area contributed by atoms with Gasteiger partial charge in [-0.05, 0) is 26.4 Å². The molecule has 0 radical (unpaired) electrons. The van der Waals surface area contributed by atoms with Gasteiger partial charge in [0.1, 0.15) is 0 Å². The Morgan fingerprint density at radius 3 is 2.64 bits per heavy atom. The SMILES string of the molecule is CNCC1CCCCN1CC(F)(F)F. The Labute approximate surface area is 82.5 Å². The van der Waals surface area contributed by atoms with Crippen LogP contribution in [0.15, 0.2) is 0 Å². The minimum Gasteiger partial charge on any atom is -0.318 e. The van der Waals surface area contributed by atoms with Gasteiger partial charge in [-0.1, -0.05) is 6.42 Å². The Hall–Kier alpha value is -0.290. The number of piperidine rings is 1. The summed E-state index contributed by atoms with van der Waals surface area (Å²) in [6, 6.07) is 0.0513. The van der Waals surface area contributed by atoms with Crippen LogP contribution in [0.5, 0.6) is 0 Å². The Morgan fingerprint density at radius 1 is 1.36 bits per heavy atom. The van der Waals surface area contributed by atoms with Crippen LogP contribution in [0.1, 0.15) is 19.3 Å². The Balaban J connectivity index is 2.45. The zero-order chi connectivity index (χ0) is 10.6. The number of alkyl halides is 3. The lowest BCUT2D eigenvalue weighted by molar-refractivity contribution is -0.153. The number of likely N-dealkylation sites (tertiary alicyclic amines) is 1. The summed E-state index contributed by atoms with van der Waals surface area (Å²) < 4.78 is 36.6. The number of rotatable bonds is 3. The third kappa shape index (κ3) is 3.84. The first-order chi connectivity index (χ1) is 6.53. The van der Waals surface area contributed by atoms with Crippen LogP contribution < -0.4 is 5.32 Å². The molecule has 1 N–H and O–H groups in total. The summed E-state index contributed by atoms with van der Waals surface area (Å²) in [6.45, 7) is 0.460. The highest BCUT2D eigenvalue weighted by Gasteiger charge is 2.34. The molecule has 0 aromatic carbocycles. The molecule has 1 atom stereocenters. The maximum atomic E-state index is 12.2. The molecule has 1 aliphatic heterocycles. The van der Waals surface area contributed by atoms with E-state index in [9.17, 15) is 13.2 Å². The number of halogens is 3. The van der Waals surface area contributed by atoms with Gasteiger partial charge in [0.15, 0.2) is 0 Å². The zero-order valence-corrected chi connectivity index (χ0v) is 8.40. The second-order valence-corrected chi connectivity index (χ2v) is 3.79. The molecule has 2 nitrogen and oxygen atoms in total. The normalized spacial score (nSPS) is 25.3. The smallest absolute Gasteiger partial charge is 0.318 e. The Kier molecular flexibility index (Phi) is 4.19. The van der Waals surface area contributed by atoms with Crippen LogP contribution >= 0.6 is 0 Å². The predicted octanol–water partition coefficient (Wildman–Crippen LogP) is 1.62. The van der Waals surface area contributed by atoms with E-state index in [1.165, 1.54) is 0 Å². The standard InChI is InChI=1S/C9H17F3N2/c1-13-6-8-4-2-3-5-14(8)7-9(10,11)12/h8,13H,2-7H2,1H3. The van der Waals surface area contributed by atoms with Crippen molar-refractivity contribution in [3.8, 4) is 0 Å². The van der Waals surface area contributed by atoms with Crippen LogP contribution in [0.2, 0.25) is 0 Å². The molecule has 0 amide bonds. The van der Waals surface area contributed by atoms with Crippen molar-refractivity contribution in [1.29, 1.82) is 0 Å². The number of nitrogens with one attached hydrogen (secondary N) is 1. The fourth-order valence-electron chi connectivity index (χ4n) is 1.97. The summed E-state index contributed by atoms with van der Waals surface area (Å²) in [5.41, 5.74) is 0. The molecule has 1 rings (SSSR count). The summed E-state index contributed by atoms with van der Waals surface area (Å²) in [4.78, 5) is 1.54. The molecule has 0 aliphatic carbocycles. The number of nitrogens with zero attached hydrogens (tertiary/aromatic N) is 1. The molecular formula is C9H17F3N2. The average Bonchev–Trinajstić information content (AvgIpc) is 2.06. The van der Waals surface area contributed by atoms with Crippen molar-refractivity contribution in [2.45, 2.75) is 31.5 Å². The van der Waals surface area contributed by atoms with Crippen LogP contribution in [0.3, 0.4) is 0 Å². The van der Waals surface area contributed by atoms with Gasteiger partial charge in [-0.15, -0.1) is 0 Å². The largest absolute Gasteiger partial charge is 0.401 e. The number of hydrogen-bond donors (Lipinski definition) is 1. The molecule has 0 spiro atoms. The third-order valence-corrected chi connectivity index (χ3v) is 2.57. The first-order valence-electron chi connectivity index (χ1n) is 4.98. The quantitative estimate of drug-likeness (QED) is 0.761. The van der Waals surface area contributed by atoms with Crippen LogP contribution in [-0.2, 0) is 0 Å². The first-order valence-corrected chi connectivity index (χ1v) is 4.98. The van der Waals surface area contributed by atoms with Gasteiger partial charge in [0, 0.05) is 12.6 Å². The lowest BCUT2D eigenvalue weighted by Crippen LogP contribution is -2.48. The monoisotopic (exact) mass is 210 g/mol. The predicted molar refractivity (Wildman–Crippen MR) is 49.2 cm³/mol. The molecule has 84 valence electrons. The molecule has 5 heteroatoms. The Morgan fingerprint density at radius 2 is 2.07 bits per heavy atom. The van der Waals surface area contributed by atoms with E-state index in [2.05, 4.69) is 5.32 Å². The highest BCUT2D eigenvalue weighted by Crippen LogP contribution is 2.23. The molecule has 1 aliphatic rings. The van der Waals surface area contributed by atoms with Gasteiger partial charge in [-0.25, -0.2) is 0 Å². The van der Waals surface area contributed by atoms with Crippen molar-refractivity contribution in [3.63, 3.8) is 0 Å². The van der Waals surface area contributed by atoms with Gasteiger partial charge in [-0.2, -0.15) is 13.2 Å². The van der Waals surface area contributed by atoms with Gasteiger partial charge in [0.05, 0.1) is 6.54 Å². The third-order valence-electron chi connectivity index (χ3n) is 2.57. The van der Waals surface area contributed by atoms with Gasteiger partial charge >= 0.3 is 6.18 Å². The van der Waals surface area contributed by atoms with E-state index in [1.54, 1.807) is 11.9 Å². The van der Waals surface area contributed by atoms with Gasteiger partial charge in [-0.3, -0.25) is 4.90 Å². The van der Waals surface area contributed by atoms with E-state index >= 15 is 0 Å². The zero-order valence-electron chi connectivity index (χ0n) is 8.40. The van der Waals surface area contributed by atoms with E-state index in [0.29, 0.717) is 13.1 Å². The van der Waals surface area contributed by atoms with E-state index in [-0.39, 0.29) is 6.04 Å². The van der Waals surface area contributed by atoms with E-state index in [0.717, 1.165) is 19.3 Å². The number of likely N-dealkylation sites (N-methyl/N-ethyl adjacent to an activating group) is 1. The van der Waals surface area contributed by atoms with E-state index in [1.807, 2.05) is 0 Å². The van der Waals surface area contributed by atoms with Crippen molar-refractivity contribution in [2.75, 3.05) is 26.7 Å². The van der Waals surface area contributed by atoms with Crippen molar-refractivity contribution >= 4 is 0 Å². The molecule has 0 aromatic rings. The summed E-state index contributed by atoms with van der Waals surface area (Å²) in [7, 11) is 1.78. The molecule has 1 saturated heterocycles. The van der Waals surface area contributed by atoms with Crippen molar-refractivity contribution < 1.29 is 13.2 Å². The molecule has 1 fully saturated rings. The average molecular weight is 210 g/mol. The fraction of sp³-hybridized carbons (Fsp3) is 1.00. The van der Waals surface area contributed by atoms with Gasteiger partial charge < -0.3 is 5.32 Å². The molecule has 1 heterocycles. The van der Waals surface area contributed by atoms with Gasteiger partial charge in [0.25, 0.3) is 0 Å². The second kappa shape index (κ2) is 4.98. The highest BCUT2D eigenvalue weighted by molar-refractivity contribution is 4.79. The molecule has 0 bridgehead atoms. The maximum absolute atomic E-state index is 12.2. The maximum Gasteiger partial charge on any atom is 0.401 e. The minimum atomic E-state index is -4.07. The van der Waals surface area contributed by atoms with Crippen molar-refractivity contribution in [2.24, 2.45) is 0 Å². The van der Waals surface area contributed by atoms with Crippen molar-refractivity contribution in [3.05, 3.63) is 0 Å². The summed E-state index contributed by atoms with van der Waals surface area (Å²) in [5, 5.41) is 2.94. The van der Waals surface area contributed by atoms with Gasteiger partial charge in [0.2, 0.25) is 0 Å². The molecular weight excluding hydrogens is 193 g/mol. The summed E-state index contributed by atoms with van der Waals surface area (Å²) >= 11 is 0. The van der Waals surface area contributed by atoms with Crippen LogP contribution in [-0.4, -0.2) is 43.8 Å².